The SMILES string of the molecule is CCCCC(C)OC(=O)CC(C)(C)OCCC(C)(C)C(=O)OC(C)C. The number of hydrogen-bond donors (Lipinski definition) is 0. The lowest BCUT2D eigenvalue weighted by molar-refractivity contribution is -0.162. The summed E-state index contributed by atoms with van der Waals surface area (Å²) < 4.78 is 16.5. The fourth-order valence-electron chi connectivity index (χ4n) is 2.27. The highest BCUT2D eigenvalue weighted by atomic mass is 16.6. The van der Waals surface area contributed by atoms with Gasteiger partial charge < -0.3 is 14.2 Å². The van der Waals surface area contributed by atoms with Crippen LogP contribution in [0, 0.1) is 5.41 Å². The van der Waals surface area contributed by atoms with Crippen molar-refractivity contribution < 1.29 is 23.8 Å². The molecule has 0 bridgehead atoms. The molecule has 1 unspecified atom stereocenters. The zero-order valence-electron chi connectivity index (χ0n) is 17.4. The van der Waals surface area contributed by atoms with Gasteiger partial charge in [0.15, 0.2) is 0 Å². The minimum Gasteiger partial charge on any atom is -0.463 e. The summed E-state index contributed by atoms with van der Waals surface area (Å²) in [5.41, 5.74) is -1.24. The summed E-state index contributed by atoms with van der Waals surface area (Å²) in [5.74, 6) is -0.472. The Balaban J connectivity index is 4.30. The highest BCUT2D eigenvalue weighted by Crippen LogP contribution is 2.25. The molecule has 1 atom stereocenters. The molecule has 0 spiro atoms. The molecule has 25 heavy (non-hydrogen) atoms. The molecule has 0 aliphatic carbocycles. The lowest BCUT2D eigenvalue weighted by atomic mass is 9.90. The fourth-order valence-corrected chi connectivity index (χ4v) is 2.27. The molecule has 0 aromatic heterocycles. The van der Waals surface area contributed by atoms with Gasteiger partial charge in [-0.15, -0.1) is 0 Å². The van der Waals surface area contributed by atoms with Gasteiger partial charge in [-0.25, -0.2) is 0 Å². The van der Waals surface area contributed by atoms with Crippen LogP contribution < -0.4 is 0 Å². The Morgan fingerprint density at radius 2 is 1.60 bits per heavy atom. The van der Waals surface area contributed by atoms with Crippen LogP contribution in [-0.4, -0.2) is 36.4 Å². The number of unbranched alkanes of at least 4 members (excludes halogenated alkanes) is 1. The average Bonchev–Trinajstić information content (AvgIpc) is 2.42. The summed E-state index contributed by atoms with van der Waals surface area (Å²) >= 11 is 0. The Labute approximate surface area is 153 Å². The Morgan fingerprint density at radius 1 is 1.00 bits per heavy atom. The van der Waals surface area contributed by atoms with E-state index in [1.165, 1.54) is 0 Å². The zero-order chi connectivity index (χ0) is 19.7. The molecule has 0 fully saturated rings. The zero-order valence-corrected chi connectivity index (χ0v) is 17.4. The van der Waals surface area contributed by atoms with Gasteiger partial charge in [-0.05, 0) is 61.3 Å². The third kappa shape index (κ3) is 11.2. The van der Waals surface area contributed by atoms with Gasteiger partial charge in [-0.2, -0.15) is 0 Å². The maximum absolute atomic E-state index is 12.1. The maximum Gasteiger partial charge on any atom is 0.311 e. The van der Waals surface area contributed by atoms with Crippen molar-refractivity contribution in [3.05, 3.63) is 0 Å². The Hall–Kier alpha value is -1.10. The summed E-state index contributed by atoms with van der Waals surface area (Å²) in [5, 5.41) is 0. The molecule has 0 aliphatic rings. The molecule has 0 amide bonds. The molecule has 5 heteroatoms. The Bertz CT molecular complexity index is 412. The van der Waals surface area contributed by atoms with Crippen LogP contribution in [0.25, 0.3) is 0 Å². The van der Waals surface area contributed by atoms with Crippen LogP contribution in [0.5, 0.6) is 0 Å². The molecule has 0 radical (unpaired) electrons. The highest BCUT2D eigenvalue weighted by molar-refractivity contribution is 5.76. The predicted octanol–water partition coefficient (Wildman–Crippen LogP) is 4.66. The van der Waals surface area contributed by atoms with E-state index >= 15 is 0 Å². The van der Waals surface area contributed by atoms with Crippen LogP contribution in [-0.2, 0) is 23.8 Å². The third-order valence-electron chi connectivity index (χ3n) is 3.98. The summed E-state index contributed by atoms with van der Waals surface area (Å²) in [4.78, 5) is 24.1. The van der Waals surface area contributed by atoms with Crippen molar-refractivity contribution in [3.8, 4) is 0 Å². The van der Waals surface area contributed by atoms with Crippen LogP contribution in [0.15, 0.2) is 0 Å². The van der Waals surface area contributed by atoms with E-state index in [1.807, 2.05) is 48.5 Å². The normalized spacial score (nSPS) is 13.6. The first-order valence-corrected chi connectivity index (χ1v) is 9.44. The molecule has 0 N–H and O–H groups in total. The smallest absolute Gasteiger partial charge is 0.311 e. The highest BCUT2D eigenvalue weighted by Gasteiger charge is 2.31. The number of esters is 2. The van der Waals surface area contributed by atoms with E-state index in [4.69, 9.17) is 14.2 Å². The van der Waals surface area contributed by atoms with Gasteiger partial charge in [0, 0.05) is 6.61 Å². The van der Waals surface area contributed by atoms with Crippen LogP contribution in [0.4, 0.5) is 0 Å². The molecular formula is C20H38O5. The van der Waals surface area contributed by atoms with Crippen LogP contribution in [0.2, 0.25) is 0 Å². The van der Waals surface area contributed by atoms with E-state index in [1.54, 1.807) is 0 Å². The number of carbonyl (C=O) groups excluding carboxylic acids is 2. The molecular weight excluding hydrogens is 320 g/mol. The molecule has 0 heterocycles. The van der Waals surface area contributed by atoms with Gasteiger partial charge in [-0.3, -0.25) is 9.59 Å². The number of hydrogen-bond acceptors (Lipinski definition) is 5. The second kappa shape index (κ2) is 10.8. The summed E-state index contributed by atoms with van der Waals surface area (Å²) in [6, 6.07) is 0. The summed E-state index contributed by atoms with van der Waals surface area (Å²) in [6.07, 6.45) is 3.56. The van der Waals surface area contributed by atoms with Crippen molar-refractivity contribution in [2.75, 3.05) is 6.61 Å². The quantitative estimate of drug-likeness (QED) is 0.475. The van der Waals surface area contributed by atoms with E-state index in [0.29, 0.717) is 13.0 Å². The third-order valence-corrected chi connectivity index (χ3v) is 3.98. The van der Waals surface area contributed by atoms with Gasteiger partial charge in [0.25, 0.3) is 0 Å². The van der Waals surface area contributed by atoms with Crippen LogP contribution in [0.3, 0.4) is 0 Å². The first-order chi connectivity index (χ1) is 11.4. The molecule has 148 valence electrons. The summed E-state index contributed by atoms with van der Waals surface area (Å²) in [7, 11) is 0. The fraction of sp³-hybridized carbons (Fsp3) is 0.900. The molecule has 0 aliphatic heterocycles. The molecule has 0 rings (SSSR count). The molecule has 0 aromatic carbocycles. The Kier molecular flexibility index (Phi) is 10.3. The number of rotatable bonds is 12. The van der Waals surface area contributed by atoms with E-state index < -0.39 is 11.0 Å². The van der Waals surface area contributed by atoms with Crippen molar-refractivity contribution in [2.24, 2.45) is 5.41 Å². The van der Waals surface area contributed by atoms with Crippen molar-refractivity contribution in [3.63, 3.8) is 0 Å². The van der Waals surface area contributed by atoms with Crippen molar-refractivity contribution in [1.29, 1.82) is 0 Å². The van der Waals surface area contributed by atoms with E-state index in [9.17, 15) is 9.59 Å². The molecule has 0 aromatic rings. The largest absolute Gasteiger partial charge is 0.463 e. The predicted molar refractivity (Wildman–Crippen MR) is 99.4 cm³/mol. The monoisotopic (exact) mass is 358 g/mol. The Morgan fingerprint density at radius 3 is 2.12 bits per heavy atom. The minimum atomic E-state index is -0.625. The van der Waals surface area contributed by atoms with Crippen LogP contribution in [0.1, 0.15) is 87.5 Å². The first-order valence-electron chi connectivity index (χ1n) is 9.44. The topological polar surface area (TPSA) is 61.8 Å². The lowest BCUT2D eigenvalue weighted by Gasteiger charge is -2.28. The molecule has 5 nitrogen and oxygen atoms in total. The second-order valence-electron chi connectivity index (χ2n) is 8.32. The van der Waals surface area contributed by atoms with Crippen LogP contribution >= 0.6 is 0 Å². The molecule has 0 saturated heterocycles. The lowest BCUT2D eigenvalue weighted by Crippen LogP contribution is -2.34. The first kappa shape index (κ1) is 23.9. The van der Waals surface area contributed by atoms with E-state index in [2.05, 4.69) is 6.92 Å². The van der Waals surface area contributed by atoms with E-state index in [-0.39, 0.29) is 30.6 Å². The number of carbonyl (C=O) groups is 2. The van der Waals surface area contributed by atoms with Gasteiger partial charge in [-0.1, -0.05) is 19.8 Å². The van der Waals surface area contributed by atoms with Crippen molar-refractivity contribution >= 4 is 11.9 Å². The molecule has 0 saturated carbocycles. The van der Waals surface area contributed by atoms with Crippen molar-refractivity contribution in [2.45, 2.75) is 105 Å². The minimum absolute atomic E-state index is 0.0620. The van der Waals surface area contributed by atoms with Crippen molar-refractivity contribution in [1.82, 2.24) is 0 Å². The van der Waals surface area contributed by atoms with Gasteiger partial charge >= 0.3 is 11.9 Å². The van der Waals surface area contributed by atoms with Gasteiger partial charge in [0.05, 0.1) is 29.6 Å². The van der Waals surface area contributed by atoms with Gasteiger partial charge in [0.1, 0.15) is 0 Å². The summed E-state index contributed by atoms with van der Waals surface area (Å²) in [6.45, 7) is 15.5. The standard InChI is InChI=1S/C20H38O5/c1-9-10-11-16(4)25-17(21)14-20(7,8)23-13-12-19(5,6)18(22)24-15(2)3/h15-16H,9-14H2,1-8H3. The number of ether oxygens (including phenoxy) is 3. The maximum atomic E-state index is 12.1. The second-order valence-corrected chi connectivity index (χ2v) is 8.32. The van der Waals surface area contributed by atoms with Gasteiger partial charge in [0.2, 0.25) is 0 Å². The average molecular weight is 359 g/mol. The van der Waals surface area contributed by atoms with E-state index in [0.717, 1.165) is 19.3 Å².